The molecular formula is C19H16F2N4O. The Balaban J connectivity index is 1.52. The number of amides is 1. The molecule has 1 aromatic heterocycles. The van der Waals surface area contributed by atoms with Gasteiger partial charge < -0.3 is 10.6 Å². The van der Waals surface area contributed by atoms with Crippen LogP contribution in [0.2, 0.25) is 0 Å². The molecule has 0 saturated heterocycles. The molecule has 0 aliphatic heterocycles. The molecule has 0 aliphatic carbocycles. The lowest BCUT2D eigenvalue weighted by atomic mass is 10.1. The fraction of sp³-hybridized carbons (Fsp3) is 0.105. The number of halogens is 2. The first-order valence-electron chi connectivity index (χ1n) is 8.00. The average molecular weight is 354 g/mol. The van der Waals surface area contributed by atoms with Gasteiger partial charge in [-0.3, -0.25) is 4.79 Å². The third kappa shape index (κ3) is 4.60. The minimum absolute atomic E-state index is 0.237. The third-order valence-electron chi connectivity index (χ3n) is 3.67. The number of hydrogen-bond acceptors (Lipinski definition) is 4. The van der Waals surface area contributed by atoms with E-state index in [1.807, 2.05) is 0 Å². The van der Waals surface area contributed by atoms with E-state index in [1.54, 1.807) is 30.3 Å². The first-order valence-corrected chi connectivity index (χ1v) is 8.00. The van der Waals surface area contributed by atoms with Gasteiger partial charge in [-0.1, -0.05) is 18.2 Å². The van der Waals surface area contributed by atoms with Crippen molar-refractivity contribution in [2.75, 3.05) is 17.2 Å². The second-order valence-corrected chi connectivity index (χ2v) is 5.53. The maximum absolute atomic E-state index is 13.5. The lowest BCUT2D eigenvalue weighted by molar-refractivity contribution is 0.102. The zero-order valence-corrected chi connectivity index (χ0v) is 13.7. The number of carbonyl (C=O) groups excluding carboxylic acids is 1. The summed E-state index contributed by atoms with van der Waals surface area (Å²) in [6.07, 6.45) is 0.511. The molecule has 3 rings (SSSR count). The Labute approximate surface area is 149 Å². The average Bonchev–Trinajstić information content (AvgIpc) is 2.65. The summed E-state index contributed by atoms with van der Waals surface area (Å²) < 4.78 is 26.4. The Kier molecular flexibility index (Phi) is 5.48. The Morgan fingerprint density at radius 2 is 1.58 bits per heavy atom. The van der Waals surface area contributed by atoms with Crippen LogP contribution in [-0.2, 0) is 6.42 Å². The molecule has 5 nitrogen and oxygen atoms in total. The first kappa shape index (κ1) is 17.5. The van der Waals surface area contributed by atoms with Gasteiger partial charge in [0, 0.05) is 12.1 Å². The van der Waals surface area contributed by atoms with E-state index in [2.05, 4.69) is 20.8 Å². The van der Waals surface area contributed by atoms with Crippen LogP contribution in [0.25, 0.3) is 0 Å². The molecule has 2 aromatic carbocycles. The third-order valence-corrected chi connectivity index (χ3v) is 3.67. The normalized spacial score (nSPS) is 10.4. The Morgan fingerprint density at radius 1 is 0.885 bits per heavy atom. The van der Waals surface area contributed by atoms with E-state index in [4.69, 9.17) is 0 Å². The van der Waals surface area contributed by atoms with Crippen LogP contribution in [-0.4, -0.2) is 22.6 Å². The quantitative estimate of drug-likeness (QED) is 0.709. The van der Waals surface area contributed by atoms with E-state index in [0.717, 1.165) is 0 Å². The van der Waals surface area contributed by atoms with Crippen LogP contribution in [0.1, 0.15) is 15.9 Å². The fourth-order valence-corrected chi connectivity index (χ4v) is 2.31. The van der Waals surface area contributed by atoms with Crippen LogP contribution in [0.3, 0.4) is 0 Å². The monoisotopic (exact) mass is 354 g/mol. The van der Waals surface area contributed by atoms with E-state index in [1.165, 1.54) is 30.3 Å². The topological polar surface area (TPSA) is 66.9 Å². The molecule has 0 aliphatic rings. The van der Waals surface area contributed by atoms with Gasteiger partial charge in [-0.15, -0.1) is 10.2 Å². The number of anilines is 2. The highest BCUT2D eigenvalue weighted by Crippen LogP contribution is 2.11. The van der Waals surface area contributed by atoms with E-state index in [9.17, 15) is 13.6 Å². The Hall–Kier alpha value is -3.35. The highest BCUT2D eigenvalue weighted by atomic mass is 19.1. The summed E-state index contributed by atoms with van der Waals surface area (Å²) in [5, 5.41) is 13.5. The van der Waals surface area contributed by atoms with Gasteiger partial charge in [-0.05, 0) is 54.4 Å². The molecular weight excluding hydrogens is 338 g/mol. The summed E-state index contributed by atoms with van der Waals surface area (Å²) in [6, 6.07) is 15.0. The molecule has 0 spiro atoms. The lowest BCUT2D eigenvalue weighted by Gasteiger charge is -2.07. The predicted molar refractivity (Wildman–Crippen MR) is 95.0 cm³/mol. The zero-order chi connectivity index (χ0) is 18.4. The van der Waals surface area contributed by atoms with Crippen molar-refractivity contribution in [1.82, 2.24) is 10.2 Å². The van der Waals surface area contributed by atoms with Crippen molar-refractivity contribution in [1.29, 1.82) is 0 Å². The molecule has 0 unspecified atom stereocenters. The standard InChI is InChI=1S/C19H16F2N4O/c20-15-7-5-14(6-8-15)19(26)23-18-10-9-17(24-25-18)22-12-11-13-3-1-2-4-16(13)21/h1-10H,11-12H2,(H,22,24)(H,23,25,26). The largest absolute Gasteiger partial charge is 0.368 e. The summed E-state index contributed by atoms with van der Waals surface area (Å²) >= 11 is 0. The molecule has 0 saturated carbocycles. The van der Waals surface area contributed by atoms with Crippen molar-refractivity contribution >= 4 is 17.5 Å². The highest BCUT2D eigenvalue weighted by Gasteiger charge is 2.07. The molecule has 0 bridgehead atoms. The van der Waals surface area contributed by atoms with Gasteiger partial charge in [0.25, 0.3) is 5.91 Å². The van der Waals surface area contributed by atoms with Gasteiger partial charge in [0.05, 0.1) is 0 Å². The smallest absolute Gasteiger partial charge is 0.256 e. The number of hydrogen-bond donors (Lipinski definition) is 2. The number of carbonyl (C=O) groups is 1. The van der Waals surface area contributed by atoms with Crippen LogP contribution in [0.4, 0.5) is 20.4 Å². The number of benzene rings is 2. The summed E-state index contributed by atoms with van der Waals surface area (Å²) in [5.74, 6) is -0.258. The molecule has 1 amide bonds. The SMILES string of the molecule is O=C(Nc1ccc(NCCc2ccccc2F)nn1)c1ccc(F)cc1. The van der Waals surface area contributed by atoms with E-state index in [-0.39, 0.29) is 11.6 Å². The Bertz CT molecular complexity index is 883. The van der Waals surface area contributed by atoms with Crippen LogP contribution in [0.15, 0.2) is 60.7 Å². The molecule has 26 heavy (non-hydrogen) atoms. The molecule has 1 heterocycles. The molecule has 7 heteroatoms. The molecule has 0 radical (unpaired) electrons. The van der Waals surface area contributed by atoms with Gasteiger partial charge >= 0.3 is 0 Å². The highest BCUT2D eigenvalue weighted by molar-refractivity contribution is 6.03. The summed E-state index contributed by atoms with van der Waals surface area (Å²) in [7, 11) is 0. The van der Waals surface area contributed by atoms with Crippen LogP contribution in [0.5, 0.6) is 0 Å². The number of aromatic nitrogens is 2. The van der Waals surface area contributed by atoms with Crippen LogP contribution in [0, 0.1) is 11.6 Å². The van der Waals surface area contributed by atoms with E-state index in [0.29, 0.717) is 29.9 Å². The van der Waals surface area contributed by atoms with Crippen molar-refractivity contribution in [3.63, 3.8) is 0 Å². The van der Waals surface area contributed by atoms with Crippen molar-refractivity contribution < 1.29 is 13.6 Å². The predicted octanol–water partition coefficient (Wildman–Crippen LogP) is 3.66. The number of nitrogens with zero attached hydrogens (tertiary/aromatic N) is 2. The molecule has 3 aromatic rings. The van der Waals surface area contributed by atoms with Gasteiger partial charge in [-0.2, -0.15) is 0 Å². The van der Waals surface area contributed by atoms with Crippen LogP contribution < -0.4 is 10.6 Å². The van der Waals surface area contributed by atoms with Gasteiger partial charge in [0.2, 0.25) is 0 Å². The second kappa shape index (κ2) is 8.15. The summed E-state index contributed by atoms with van der Waals surface area (Å²) in [6.45, 7) is 0.497. The van der Waals surface area contributed by atoms with Crippen LogP contribution >= 0.6 is 0 Å². The zero-order valence-electron chi connectivity index (χ0n) is 13.7. The van der Waals surface area contributed by atoms with Crippen molar-refractivity contribution in [3.05, 3.63) is 83.4 Å². The minimum atomic E-state index is -0.410. The van der Waals surface area contributed by atoms with Gasteiger partial charge in [0.15, 0.2) is 5.82 Å². The maximum Gasteiger partial charge on any atom is 0.256 e. The van der Waals surface area contributed by atoms with E-state index < -0.39 is 11.7 Å². The molecule has 132 valence electrons. The second-order valence-electron chi connectivity index (χ2n) is 5.53. The van der Waals surface area contributed by atoms with E-state index >= 15 is 0 Å². The molecule has 0 atom stereocenters. The first-order chi connectivity index (χ1) is 12.6. The minimum Gasteiger partial charge on any atom is -0.368 e. The van der Waals surface area contributed by atoms with Gasteiger partial charge in [-0.25, -0.2) is 8.78 Å². The lowest BCUT2D eigenvalue weighted by Crippen LogP contribution is -2.14. The molecule has 0 fully saturated rings. The summed E-state index contributed by atoms with van der Waals surface area (Å²) in [4.78, 5) is 12.0. The summed E-state index contributed by atoms with van der Waals surface area (Å²) in [5.41, 5.74) is 0.941. The molecule has 2 N–H and O–H groups in total. The van der Waals surface area contributed by atoms with Gasteiger partial charge in [0.1, 0.15) is 17.5 Å². The number of rotatable bonds is 6. The van der Waals surface area contributed by atoms with Crippen molar-refractivity contribution in [2.45, 2.75) is 6.42 Å². The Morgan fingerprint density at radius 3 is 2.27 bits per heavy atom. The number of nitrogens with one attached hydrogen (secondary N) is 2. The fourth-order valence-electron chi connectivity index (χ4n) is 2.31. The van der Waals surface area contributed by atoms with Crippen molar-refractivity contribution in [3.8, 4) is 0 Å². The maximum atomic E-state index is 13.5. The van der Waals surface area contributed by atoms with Crippen molar-refractivity contribution in [2.24, 2.45) is 0 Å².